The van der Waals surface area contributed by atoms with Crippen LogP contribution < -0.4 is 10.5 Å². The van der Waals surface area contributed by atoms with Crippen LogP contribution in [0.4, 0.5) is 0 Å². The molecule has 0 bridgehead atoms. The summed E-state index contributed by atoms with van der Waals surface area (Å²) in [6, 6.07) is 6.25. The van der Waals surface area contributed by atoms with Gasteiger partial charge in [-0.15, -0.1) is 0 Å². The third-order valence-electron chi connectivity index (χ3n) is 6.29. The molecule has 2 N–H and O–H groups in total. The van der Waals surface area contributed by atoms with Crippen molar-refractivity contribution < 1.29 is 9.53 Å². The molecule has 29 heavy (non-hydrogen) atoms. The lowest BCUT2D eigenvalue weighted by molar-refractivity contribution is -0.128. The average Bonchev–Trinajstić information content (AvgIpc) is 3.08. The van der Waals surface area contributed by atoms with E-state index in [2.05, 4.69) is 30.5 Å². The second-order valence-corrected chi connectivity index (χ2v) is 8.24. The van der Waals surface area contributed by atoms with Crippen LogP contribution in [-0.4, -0.2) is 49.5 Å². The lowest BCUT2D eigenvalue weighted by atomic mass is 9.74. The summed E-state index contributed by atoms with van der Waals surface area (Å²) in [5, 5.41) is 0. The number of hydrogen-bond donors (Lipinski definition) is 1. The van der Waals surface area contributed by atoms with Gasteiger partial charge in [0, 0.05) is 56.0 Å². The highest BCUT2D eigenvalue weighted by Gasteiger charge is 2.43. The zero-order valence-corrected chi connectivity index (χ0v) is 17.9. The number of fused-ring (bicyclic) bond motifs is 2. The van der Waals surface area contributed by atoms with Crippen LogP contribution in [0.2, 0.25) is 0 Å². The first-order valence-electron chi connectivity index (χ1n) is 10.3. The van der Waals surface area contributed by atoms with E-state index in [1.54, 1.807) is 6.08 Å². The van der Waals surface area contributed by atoms with E-state index >= 15 is 0 Å². The molecule has 0 saturated carbocycles. The van der Waals surface area contributed by atoms with E-state index in [0.717, 1.165) is 43.7 Å². The molecule has 156 valence electrons. The molecule has 2 aliphatic rings. The van der Waals surface area contributed by atoms with Gasteiger partial charge in [0.25, 0.3) is 5.91 Å². The molecule has 1 aromatic carbocycles. The van der Waals surface area contributed by atoms with E-state index in [1.165, 1.54) is 11.3 Å². The van der Waals surface area contributed by atoms with Gasteiger partial charge in [0.1, 0.15) is 5.75 Å². The van der Waals surface area contributed by atoms with Gasteiger partial charge in [-0.1, -0.05) is 36.9 Å². The van der Waals surface area contributed by atoms with Gasteiger partial charge in [-0.05, 0) is 37.8 Å². The van der Waals surface area contributed by atoms with E-state index in [1.807, 2.05) is 37.2 Å². The van der Waals surface area contributed by atoms with E-state index in [9.17, 15) is 4.79 Å². The maximum absolute atomic E-state index is 13.0. The monoisotopic (exact) mass is 395 g/mol. The highest BCUT2D eigenvalue weighted by atomic mass is 16.5. The van der Waals surface area contributed by atoms with Crippen LogP contribution in [0.1, 0.15) is 37.3 Å². The van der Waals surface area contributed by atoms with Gasteiger partial charge >= 0.3 is 0 Å². The van der Waals surface area contributed by atoms with Crippen molar-refractivity contribution in [2.24, 2.45) is 5.73 Å². The van der Waals surface area contributed by atoms with Crippen molar-refractivity contribution in [1.29, 1.82) is 0 Å². The zero-order valence-electron chi connectivity index (χ0n) is 17.9. The van der Waals surface area contributed by atoms with Crippen molar-refractivity contribution in [2.45, 2.75) is 38.1 Å². The molecule has 0 radical (unpaired) electrons. The first-order valence-corrected chi connectivity index (χ1v) is 10.3. The normalized spacial score (nSPS) is 18.4. The molecule has 0 atom stereocenters. The maximum atomic E-state index is 13.0. The van der Waals surface area contributed by atoms with Gasteiger partial charge in [0.15, 0.2) is 0 Å². The lowest BCUT2D eigenvalue weighted by Crippen LogP contribution is -2.46. The summed E-state index contributed by atoms with van der Waals surface area (Å²) in [6.07, 6.45) is 8.29. The summed E-state index contributed by atoms with van der Waals surface area (Å²) in [5.74, 6) is 1.04. The number of piperidine rings is 1. The third kappa shape index (κ3) is 4.40. The first kappa shape index (κ1) is 21.2. The quantitative estimate of drug-likeness (QED) is 0.593. The molecule has 1 spiro atoms. The minimum atomic E-state index is 0.000903. The second kappa shape index (κ2) is 8.87. The highest BCUT2D eigenvalue weighted by molar-refractivity contribution is 5.96. The molecule has 1 amide bonds. The molecule has 5 heteroatoms. The Bertz CT molecular complexity index is 831. The molecule has 1 fully saturated rings. The lowest BCUT2D eigenvalue weighted by Gasteiger charge is -2.38. The van der Waals surface area contributed by atoms with Crippen LogP contribution in [0.25, 0.3) is 0 Å². The van der Waals surface area contributed by atoms with Crippen molar-refractivity contribution in [1.82, 2.24) is 9.80 Å². The van der Waals surface area contributed by atoms with E-state index in [-0.39, 0.29) is 11.3 Å². The Balaban J connectivity index is 1.67. The fourth-order valence-electron chi connectivity index (χ4n) is 4.07. The molecule has 2 heterocycles. The van der Waals surface area contributed by atoms with Crippen molar-refractivity contribution in [3.8, 4) is 5.75 Å². The average molecular weight is 396 g/mol. The minimum Gasteiger partial charge on any atom is -0.492 e. The molecule has 0 unspecified atom stereocenters. The van der Waals surface area contributed by atoms with E-state index in [0.29, 0.717) is 18.7 Å². The number of likely N-dealkylation sites (tertiary alicyclic amines) is 1. The van der Waals surface area contributed by atoms with Crippen LogP contribution >= 0.6 is 0 Å². The smallest absolute Gasteiger partial charge is 0.253 e. The van der Waals surface area contributed by atoms with Gasteiger partial charge in [-0.3, -0.25) is 4.79 Å². The predicted octanol–water partition coefficient (Wildman–Crippen LogP) is 3.37. The van der Waals surface area contributed by atoms with Crippen molar-refractivity contribution in [2.75, 3.05) is 33.8 Å². The Morgan fingerprint density at radius 2 is 2.03 bits per heavy atom. The van der Waals surface area contributed by atoms with Gasteiger partial charge in [0.2, 0.25) is 0 Å². The molecular weight excluding hydrogens is 362 g/mol. The summed E-state index contributed by atoms with van der Waals surface area (Å²) >= 11 is 0. The summed E-state index contributed by atoms with van der Waals surface area (Å²) in [4.78, 5) is 17.0. The fraction of sp³-hybridized carbons (Fsp3) is 0.458. The molecule has 0 aliphatic carbocycles. The van der Waals surface area contributed by atoms with Gasteiger partial charge in [-0.25, -0.2) is 0 Å². The number of rotatable bonds is 6. The van der Waals surface area contributed by atoms with E-state index < -0.39 is 0 Å². The zero-order chi connectivity index (χ0) is 21.0. The molecule has 3 rings (SSSR count). The first-order chi connectivity index (χ1) is 13.9. The molecule has 1 saturated heterocycles. The maximum Gasteiger partial charge on any atom is 0.253 e. The van der Waals surface area contributed by atoms with Crippen LogP contribution in [0.5, 0.6) is 5.75 Å². The number of allylic oxidation sites excluding steroid dienone is 3. The molecule has 1 aromatic rings. The Kier molecular flexibility index (Phi) is 6.48. The highest BCUT2D eigenvalue weighted by Crippen LogP contribution is 2.45. The van der Waals surface area contributed by atoms with Crippen LogP contribution in [0.15, 0.2) is 54.3 Å². The number of hydrogen-bond acceptors (Lipinski definition) is 4. The minimum absolute atomic E-state index is 0.000903. The Morgan fingerprint density at radius 1 is 1.31 bits per heavy atom. The van der Waals surface area contributed by atoms with Crippen LogP contribution in [0, 0.1) is 0 Å². The van der Waals surface area contributed by atoms with Crippen molar-refractivity contribution >= 4 is 5.91 Å². The van der Waals surface area contributed by atoms with Crippen LogP contribution in [0.3, 0.4) is 0 Å². The van der Waals surface area contributed by atoms with Crippen molar-refractivity contribution in [3.05, 3.63) is 65.4 Å². The summed E-state index contributed by atoms with van der Waals surface area (Å²) < 4.78 is 5.97. The number of carbonyl (C=O) groups is 1. The summed E-state index contributed by atoms with van der Waals surface area (Å²) in [7, 11) is 4.03. The topological polar surface area (TPSA) is 58.8 Å². The second-order valence-electron chi connectivity index (χ2n) is 8.24. The molecule has 5 nitrogen and oxygen atoms in total. The Hall–Kier alpha value is -2.53. The predicted molar refractivity (Wildman–Crippen MR) is 118 cm³/mol. The number of nitrogens with zero attached hydrogens (tertiary/aromatic N) is 2. The van der Waals surface area contributed by atoms with Gasteiger partial charge in [-0.2, -0.15) is 0 Å². The standard InChI is InChI=1S/C24H33N3O2/c1-5-20(8-6-7-18(2)26(3)4)23(28)27-13-11-24(12-14-27)17-29-22-10-9-19(16-25)15-21(22)24/h5,7-10,15H,1,6,11-14,16-17,25H2,2-4H3/b18-7+,20-8+. The summed E-state index contributed by atoms with van der Waals surface area (Å²) in [6.45, 7) is 8.59. The van der Waals surface area contributed by atoms with E-state index in [4.69, 9.17) is 10.5 Å². The number of carbonyl (C=O) groups excluding carboxylic acids is 1. The number of amides is 1. The van der Waals surface area contributed by atoms with Crippen molar-refractivity contribution in [3.63, 3.8) is 0 Å². The molecule has 0 aromatic heterocycles. The number of ether oxygens (including phenoxy) is 1. The third-order valence-corrected chi connectivity index (χ3v) is 6.29. The fourth-order valence-corrected chi connectivity index (χ4v) is 4.07. The largest absolute Gasteiger partial charge is 0.492 e. The molecular formula is C24H33N3O2. The number of nitrogens with two attached hydrogens (primary N) is 1. The van der Waals surface area contributed by atoms with Gasteiger partial charge < -0.3 is 20.3 Å². The number of benzene rings is 1. The SMILES string of the molecule is C=C/C(=C\C/C=C(\C)N(C)C)C(=O)N1CCC2(CC1)COc1ccc(CN)cc12. The molecule has 2 aliphatic heterocycles. The summed E-state index contributed by atoms with van der Waals surface area (Å²) in [5.41, 5.74) is 10.1. The van der Waals surface area contributed by atoms with Crippen LogP contribution in [-0.2, 0) is 16.8 Å². The van der Waals surface area contributed by atoms with Gasteiger partial charge in [0.05, 0.1) is 6.61 Å². The Labute approximate surface area is 174 Å². The Morgan fingerprint density at radius 3 is 2.66 bits per heavy atom.